The number of carbonyl (C=O) groups excluding carboxylic acids is 1. The van der Waals surface area contributed by atoms with Crippen LogP contribution >= 0.6 is 0 Å². The van der Waals surface area contributed by atoms with Crippen molar-refractivity contribution in [1.82, 2.24) is 20.1 Å². The van der Waals surface area contributed by atoms with Crippen LogP contribution < -0.4 is 5.32 Å². The van der Waals surface area contributed by atoms with Gasteiger partial charge in [-0.2, -0.15) is 5.10 Å². The van der Waals surface area contributed by atoms with Gasteiger partial charge in [-0.15, -0.1) is 0 Å². The molecule has 0 saturated heterocycles. The molecule has 0 aliphatic rings. The number of amides is 1. The Morgan fingerprint density at radius 3 is 2.54 bits per heavy atom. The number of hydrogen-bond acceptors (Lipinski definition) is 3. The van der Waals surface area contributed by atoms with Gasteiger partial charge < -0.3 is 5.32 Å². The summed E-state index contributed by atoms with van der Waals surface area (Å²) in [7, 11) is 0. The maximum absolute atomic E-state index is 12.8. The normalized spacial score (nSPS) is 12.5. The number of carbonyl (C=O) groups is 1. The zero-order valence-electron chi connectivity index (χ0n) is 14.4. The molecular weight excluding hydrogens is 300 g/mol. The molecule has 0 aliphatic carbocycles. The van der Waals surface area contributed by atoms with Gasteiger partial charge in [0.2, 0.25) is 0 Å². The molecule has 0 fully saturated rings. The molecule has 2 heterocycles. The quantitative estimate of drug-likeness (QED) is 0.794. The van der Waals surface area contributed by atoms with Crippen LogP contribution in [0.5, 0.6) is 0 Å². The number of aryl methyl sites for hydroxylation is 1. The summed E-state index contributed by atoms with van der Waals surface area (Å²) in [6.45, 7) is 7.98. The van der Waals surface area contributed by atoms with Gasteiger partial charge in [0, 0.05) is 11.7 Å². The van der Waals surface area contributed by atoms with E-state index in [1.165, 1.54) is 0 Å². The third kappa shape index (κ3) is 3.02. The van der Waals surface area contributed by atoms with Gasteiger partial charge in [0.1, 0.15) is 0 Å². The number of pyridine rings is 1. The van der Waals surface area contributed by atoms with Crippen LogP contribution in [-0.2, 0) is 0 Å². The minimum absolute atomic E-state index is 0.0673. The van der Waals surface area contributed by atoms with Gasteiger partial charge in [-0.1, -0.05) is 30.3 Å². The number of hydrogen-bond donors (Lipinski definition) is 1. The summed E-state index contributed by atoms with van der Waals surface area (Å²) in [5.74, 6) is -0.106. The highest BCUT2D eigenvalue weighted by molar-refractivity contribution is 6.05. The molecule has 1 atom stereocenters. The van der Waals surface area contributed by atoms with Crippen LogP contribution in [0.15, 0.2) is 42.6 Å². The third-order valence-electron chi connectivity index (χ3n) is 4.08. The molecule has 0 spiro atoms. The summed E-state index contributed by atoms with van der Waals surface area (Å²) in [4.78, 5) is 17.4. The van der Waals surface area contributed by atoms with Crippen LogP contribution in [0.25, 0.3) is 11.0 Å². The average Bonchev–Trinajstić information content (AvgIpc) is 2.98. The Hall–Kier alpha value is -2.69. The number of fused-ring (bicyclic) bond motifs is 1. The number of rotatable bonds is 4. The van der Waals surface area contributed by atoms with Crippen molar-refractivity contribution in [2.24, 2.45) is 0 Å². The second-order valence-corrected chi connectivity index (χ2v) is 6.34. The van der Waals surface area contributed by atoms with Gasteiger partial charge in [-0.3, -0.25) is 4.79 Å². The van der Waals surface area contributed by atoms with E-state index in [1.54, 1.807) is 6.20 Å². The lowest BCUT2D eigenvalue weighted by Gasteiger charge is -2.15. The van der Waals surface area contributed by atoms with Crippen molar-refractivity contribution in [3.63, 3.8) is 0 Å². The topological polar surface area (TPSA) is 59.8 Å². The largest absolute Gasteiger partial charge is 0.345 e. The van der Waals surface area contributed by atoms with Crippen LogP contribution in [0, 0.1) is 6.92 Å². The predicted molar refractivity (Wildman–Crippen MR) is 95.0 cm³/mol. The lowest BCUT2D eigenvalue weighted by Crippen LogP contribution is -2.27. The number of aromatic nitrogens is 3. The second-order valence-electron chi connectivity index (χ2n) is 6.34. The Morgan fingerprint density at radius 1 is 1.17 bits per heavy atom. The molecule has 3 rings (SSSR count). The van der Waals surface area contributed by atoms with Crippen molar-refractivity contribution >= 4 is 16.9 Å². The highest BCUT2D eigenvalue weighted by atomic mass is 16.1. The molecule has 3 aromatic rings. The van der Waals surface area contributed by atoms with Gasteiger partial charge in [0.25, 0.3) is 5.91 Å². The molecule has 5 heteroatoms. The number of benzene rings is 1. The zero-order valence-corrected chi connectivity index (χ0v) is 14.4. The van der Waals surface area contributed by atoms with Gasteiger partial charge in [-0.25, -0.2) is 9.67 Å². The summed E-state index contributed by atoms with van der Waals surface area (Å²) in [5.41, 5.74) is 3.25. The fourth-order valence-corrected chi connectivity index (χ4v) is 2.81. The smallest absolute Gasteiger partial charge is 0.252 e. The average molecular weight is 322 g/mol. The van der Waals surface area contributed by atoms with E-state index in [4.69, 9.17) is 0 Å². The predicted octanol–water partition coefficient (Wildman–Crippen LogP) is 3.81. The molecule has 124 valence electrons. The van der Waals surface area contributed by atoms with E-state index < -0.39 is 0 Å². The monoisotopic (exact) mass is 322 g/mol. The van der Waals surface area contributed by atoms with E-state index in [2.05, 4.69) is 15.4 Å². The lowest BCUT2D eigenvalue weighted by molar-refractivity contribution is 0.0941. The molecule has 1 amide bonds. The first kappa shape index (κ1) is 16.2. The fraction of sp³-hybridized carbons (Fsp3) is 0.316. The Morgan fingerprint density at radius 2 is 1.88 bits per heavy atom. The van der Waals surface area contributed by atoms with Crippen molar-refractivity contribution in [2.75, 3.05) is 0 Å². The summed E-state index contributed by atoms with van der Waals surface area (Å²) in [6, 6.07) is 11.9. The highest BCUT2D eigenvalue weighted by Gasteiger charge is 2.18. The van der Waals surface area contributed by atoms with Crippen molar-refractivity contribution in [3.8, 4) is 0 Å². The summed E-state index contributed by atoms with van der Waals surface area (Å²) >= 11 is 0. The molecule has 24 heavy (non-hydrogen) atoms. The molecule has 0 radical (unpaired) electrons. The molecule has 2 aromatic heterocycles. The van der Waals surface area contributed by atoms with Crippen LogP contribution in [0.2, 0.25) is 0 Å². The van der Waals surface area contributed by atoms with Crippen molar-refractivity contribution in [1.29, 1.82) is 0 Å². The molecule has 1 aromatic carbocycles. The van der Waals surface area contributed by atoms with E-state index in [0.717, 1.165) is 22.3 Å². The minimum Gasteiger partial charge on any atom is -0.345 e. The molecule has 0 aliphatic heterocycles. The van der Waals surface area contributed by atoms with Gasteiger partial charge >= 0.3 is 0 Å². The minimum atomic E-state index is -0.106. The Labute approximate surface area is 141 Å². The van der Waals surface area contributed by atoms with Crippen LogP contribution in [0.3, 0.4) is 0 Å². The molecule has 1 unspecified atom stereocenters. The molecule has 0 bridgehead atoms. The summed E-state index contributed by atoms with van der Waals surface area (Å²) in [6.07, 6.45) is 1.73. The molecule has 5 nitrogen and oxygen atoms in total. The summed E-state index contributed by atoms with van der Waals surface area (Å²) in [5, 5.41) is 8.24. The second kappa shape index (κ2) is 6.43. The zero-order chi connectivity index (χ0) is 17.3. The molecular formula is C19H22N4O. The van der Waals surface area contributed by atoms with E-state index in [0.29, 0.717) is 5.56 Å². The Bertz CT molecular complexity index is 868. The highest BCUT2D eigenvalue weighted by Crippen LogP contribution is 2.22. The van der Waals surface area contributed by atoms with Gasteiger partial charge in [0.15, 0.2) is 5.65 Å². The first-order valence-electron chi connectivity index (χ1n) is 8.18. The standard InChI is InChI=1S/C19H22N4O/c1-12(2)23-18-17(11-20-23)16(10-13(3)21-18)19(24)22-14(4)15-8-6-5-7-9-15/h5-12,14H,1-4H3,(H,22,24). The maximum atomic E-state index is 12.8. The van der Waals surface area contributed by atoms with E-state index in [1.807, 2.05) is 68.8 Å². The third-order valence-corrected chi connectivity index (χ3v) is 4.08. The first-order chi connectivity index (χ1) is 11.5. The fourth-order valence-electron chi connectivity index (χ4n) is 2.81. The first-order valence-corrected chi connectivity index (χ1v) is 8.18. The van der Waals surface area contributed by atoms with Crippen LogP contribution in [0.4, 0.5) is 0 Å². The SMILES string of the molecule is Cc1cc(C(=O)NC(C)c2ccccc2)c2cnn(C(C)C)c2n1. The van der Waals surface area contributed by atoms with E-state index in [9.17, 15) is 4.79 Å². The van der Waals surface area contributed by atoms with Crippen LogP contribution in [0.1, 0.15) is 54.5 Å². The number of nitrogens with zero attached hydrogens (tertiary/aromatic N) is 3. The summed E-state index contributed by atoms with van der Waals surface area (Å²) < 4.78 is 1.85. The van der Waals surface area contributed by atoms with Crippen molar-refractivity contribution < 1.29 is 4.79 Å². The lowest BCUT2D eigenvalue weighted by atomic mass is 10.1. The van der Waals surface area contributed by atoms with Crippen LogP contribution in [-0.4, -0.2) is 20.7 Å². The maximum Gasteiger partial charge on any atom is 0.252 e. The Kier molecular flexibility index (Phi) is 4.34. The number of nitrogens with one attached hydrogen (secondary N) is 1. The Balaban J connectivity index is 1.95. The van der Waals surface area contributed by atoms with Crippen molar-refractivity contribution in [2.45, 2.75) is 39.8 Å². The van der Waals surface area contributed by atoms with E-state index >= 15 is 0 Å². The van der Waals surface area contributed by atoms with E-state index in [-0.39, 0.29) is 18.0 Å². The molecule has 1 N–H and O–H groups in total. The van der Waals surface area contributed by atoms with Gasteiger partial charge in [-0.05, 0) is 39.3 Å². The van der Waals surface area contributed by atoms with Gasteiger partial charge in [0.05, 0.1) is 23.2 Å². The van der Waals surface area contributed by atoms with Crippen molar-refractivity contribution in [3.05, 3.63) is 59.4 Å². The molecule has 0 saturated carbocycles.